The van der Waals surface area contributed by atoms with Gasteiger partial charge in [0.1, 0.15) is 5.01 Å². The summed E-state index contributed by atoms with van der Waals surface area (Å²) in [5.74, 6) is -2.31. The molecule has 0 aliphatic carbocycles. The Balaban J connectivity index is 1.66. The van der Waals surface area contributed by atoms with Crippen LogP contribution in [-0.2, 0) is 11.2 Å². The predicted octanol–water partition coefficient (Wildman–Crippen LogP) is 3.66. The van der Waals surface area contributed by atoms with E-state index < -0.39 is 11.6 Å². The zero-order valence-corrected chi connectivity index (χ0v) is 12.6. The average molecular weight is 331 g/mol. The Hall–Kier alpha value is -2.67. The molecule has 0 saturated carbocycles. The van der Waals surface area contributed by atoms with Crippen molar-refractivity contribution >= 4 is 22.9 Å². The number of hydrogen-bond donors (Lipinski definition) is 1. The van der Waals surface area contributed by atoms with Gasteiger partial charge in [0.05, 0.1) is 17.8 Å². The number of halogens is 2. The third-order valence-electron chi connectivity index (χ3n) is 2.98. The summed E-state index contributed by atoms with van der Waals surface area (Å²) >= 11 is 1.39. The number of amides is 1. The SMILES string of the molecule is O=C(Cc1csc(-c2ccccn2)n1)Nc1ccc(F)c(F)c1. The van der Waals surface area contributed by atoms with Gasteiger partial charge in [-0.15, -0.1) is 11.3 Å². The maximum atomic E-state index is 13.1. The highest BCUT2D eigenvalue weighted by atomic mass is 32.1. The molecule has 1 amide bonds. The first-order valence-corrected chi connectivity index (χ1v) is 7.60. The predicted molar refractivity (Wildman–Crippen MR) is 84.0 cm³/mol. The topological polar surface area (TPSA) is 54.9 Å². The smallest absolute Gasteiger partial charge is 0.230 e. The molecule has 7 heteroatoms. The van der Waals surface area contributed by atoms with Gasteiger partial charge in [0.2, 0.25) is 5.91 Å². The van der Waals surface area contributed by atoms with Crippen LogP contribution in [-0.4, -0.2) is 15.9 Å². The van der Waals surface area contributed by atoms with Crippen LogP contribution in [0.15, 0.2) is 48.0 Å². The van der Waals surface area contributed by atoms with Crippen LogP contribution in [0.3, 0.4) is 0 Å². The summed E-state index contributed by atoms with van der Waals surface area (Å²) in [4.78, 5) is 20.5. The molecule has 2 aromatic heterocycles. The van der Waals surface area contributed by atoms with E-state index in [1.54, 1.807) is 11.6 Å². The third-order valence-corrected chi connectivity index (χ3v) is 3.89. The second-order valence-corrected chi connectivity index (χ2v) is 5.57. The summed E-state index contributed by atoms with van der Waals surface area (Å²) in [5, 5.41) is 5.01. The standard InChI is InChI=1S/C16H11F2N3OS/c17-12-5-4-10(7-13(12)18)20-15(22)8-11-9-23-16(21-11)14-3-1-2-6-19-14/h1-7,9H,8H2,(H,20,22). The van der Waals surface area contributed by atoms with Crippen LogP contribution in [0.5, 0.6) is 0 Å². The van der Waals surface area contributed by atoms with Crippen molar-refractivity contribution in [3.63, 3.8) is 0 Å². The molecule has 0 radical (unpaired) electrons. The Kier molecular flexibility index (Phi) is 4.38. The van der Waals surface area contributed by atoms with Crippen LogP contribution in [0, 0.1) is 11.6 Å². The Morgan fingerprint density at radius 3 is 2.78 bits per heavy atom. The Morgan fingerprint density at radius 2 is 2.04 bits per heavy atom. The Morgan fingerprint density at radius 1 is 1.17 bits per heavy atom. The highest BCUT2D eigenvalue weighted by Gasteiger charge is 2.11. The Bertz CT molecular complexity index is 836. The maximum absolute atomic E-state index is 13.1. The minimum atomic E-state index is -1.01. The van der Waals surface area contributed by atoms with Gasteiger partial charge in [-0.25, -0.2) is 13.8 Å². The largest absolute Gasteiger partial charge is 0.326 e. The van der Waals surface area contributed by atoms with Gasteiger partial charge < -0.3 is 5.32 Å². The van der Waals surface area contributed by atoms with Crippen molar-refractivity contribution in [3.05, 3.63) is 65.3 Å². The molecule has 1 N–H and O–H groups in total. The zero-order valence-electron chi connectivity index (χ0n) is 11.8. The molecule has 0 spiro atoms. The Labute approximate surface area is 134 Å². The zero-order chi connectivity index (χ0) is 16.2. The van der Waals surface area contributed by atoms with Gasteiger partial charge in [-0.2, -0.15) is 0 Å². The van der Waals surface area contributed by atoms with Gasteiger partial charge in [0.25, 0.3) is 0 Å². The van der Waals surface area contributed by atoms with Gasteiger partial charge >= 0.3 is 0 Å². The molecule has 4 nitrogen and oxygen atoms in total. The minimum absolute atomic E-state index is 0.0440. The van der Waals surface area contributed by atoms with E-state index in [4.69, 9.17) is 0 Å². The van der Waals surface area contributed by atoms with Crippen LogP contribution in [0.1, 0.15) is 5.69 Å². The molecule has 0 atom stereocenters. The molecule has 0 unspecified atom stereocenters. The van der Waals surface area contributed by atoms with Gasteiger partial charge in [-0.3, -0.25) is 9.78 Å². The summed E-state index contributed by atoms with van der Waals surface area (Å²) < 4.78 is 25.9. The molecular weight excluding hydrogens is 320 g/mol. The van der Waals surface area contributed by atoms with Crippen molar-refractivity contribution in [2.75, 3.05) is 5.32 Å². The van der Waals surface area contributed by atoms with Crippen LogP contribution in [0.2, 0.25) is 0 Å². The minimum Gasteiger partial charge on any atom is -0.326 e. The van der Waals surface area contributed by atoms with E-state index >= 15 is 0 Å². The van der Waals surface area contributed by atoms with E-state index in [2.05, 4.69) is 15.3 Å². The number of nitrogens with zero attached hydrogens (tertiary/aromatic N) is 2. The lowest BCUT2D eigenvalue weighted by molar-refractivity contribution is -0.115. The molecule has 0 aliphatic rings. The van der Waals surface area contributed by atoms with Gasteiger partial charge in [0.15, 0.2) is 11.6 Å². The summed E-state index contributed by atoms with van der Waals surface area (Å²) in [6, 6.07) is 8.72. The van der Waals surface area contributed by atoms with Gasteiger partial charge in [0, 0.05) is 23.3 Å². The quantitative estimate of drug-likeness (QED) is 0.794. The van der Waals surface area contributed by atoms with Crippen molar-refractivity contribution < 1.29 is 13.6 Å². The molecule has 116 valence electrons. The number of anilines is 1. The average Bonchev–Trinajstić information content (AvgIpc) is 3.00. The summed E-state index contributed by atoms with van der Waals surface area (Å²) in [6.07, 6.45) is 1.72. The van der Waals surface area contributed by atoms with Crippen LogP contribution in [0.4, 0.5) is 14.5 Å². The molecule has 0 aliphatic heterocycles. The van der Waals surface area contributed by atoms with E-state index in [1.807, 2.05) is 18.2 Å². The van der Waals surface area contributed by atoms with E-state index in [0.29, 0.717) is 5.69 Å². The van der Waals surface area contributed by atoms with E-state index in [0.717, 1.165) is 22.8 Å². The number of hydrogen-bond acceptors (Lipinski definition) is 4. The molecule has 0 saturated heterocycles. The second kappa shape index (κ2) is 6.62. The molecule has 3 aromatic rings. The van der Waals surface area contributed by atoms with Crippen molar-refractivity contribution in [2.45, 2.75) is 6.42 Å². The number of thiazole rings is 1. The molecule has 23 heavy (non-hydrogen) atoms. The van der Waals surface area contributed by atoms with Crippen molar-refractivity contribution in [2.24, 2.45) is 0 Å². The lowest BCUT2D eigenvalue weighted by atomic mass is 10.2. The number of benzene rings is 1. The highest BCUT2D eigenvalue weighted by molar-refractivity contribution is 7.13. The first kappa shape index (κ1) is 15.2. The number of carbonyl (C=O) groups is 1. The fourth-order valence-corrected chi connectivity index (χ4v) is 2.73. The van der Waals surface area contributed by atoms with Crippen LogP contribution in [0.25, 0.3) is 10.7 Å². The van der Waals surface area contributed by atoms with Crippen LogP contribution >= 0.6 is 11.3 Å². The first-order chi connectivity index (χ1) is 11.1. The lowest BCUT2D eigenvalue weighted by Gasteiger charge is -2.04. The molecule has 2 heterocycles. The van der Waals surface area contributed by atoms with Gasteiger partial charge in [-0.1, -0.05) is 6.07 Å². The normalized spacial score (nSPS) is 10.5. The fraction of sp³-hybridized carbons (Fsp3) is 0.0625. The maximum Gasteiger partial charge on any atom is 0.230 e. The number of carbonyl (C=O) groups excluding carboxylic acids is 1. The first-order valence-electron chi connectivity index (χ1n) is 6.72. The van der Waals surface area contributed by atoms with E-state index in [9.17, 15) is 13.6 Å². The lowest BCUT2D eigenvalue weighted by Crippen LogP contribution is -2.14. The highest BCUT2D eigenvalue weighted by Crippen LogP contribution is 2.22. The fourth-order valence-electron chi connectivity index (χ4n) is 1.94. The molecular formula is C16H11F2N3OS. The van der Waals surface area contributed by atoms with Crippen molar-refractivity contribution in [3.8, 4) is 10.7 Å². The summed E-state index contributed by atoms with van der Waals surface area (Å²) in [7, 11) is 0. The molecule has 3 rings (SSSR count). The van der Waals surface area contributed by atoms with Crippen molar-refractivity contribution in [1.82, 2.24) is 9.97 Å². The molecule has 0 bridgehead atoms. The summed E-state index contributed by atoms with van der Waals surface area (Å²) in [6.45, 7) is 0. The number of nitrogens with one attached hydrogen (secondary N) is 1. The number of aromatic nitrogens is 2. The second-order valence-electron chi connectivity index (χ2n) is 4.71. The monoisotopic (exact) mass is 331 g/mol. The third kappa shape index (κ3) is 3.75. The van der Waals surface area contributed by atoms with E-state index in [1.165, 1.54) is 17.4 Å². The number of rotatable bonds is 4. The number of pyridine rings is 1. The molecule has 0 fully saturated rings. The van der Waals surface area contributed by atoms with E-state index in [-0.39, 0.29) is 18.0 Å². The molecule has 1 aromatic carbocycles. The van der Waals surface area contributed by atoms with Crippen molar-refractivity contribution in [1.29, 1.82) is 0 Å². The summed E-state index contributed by atoms with van der Waals surface area (Å²) in [5.41, 5.74) is 1.54. The van der Waals surface area contributed by atoms with Gasteiger partial charge in [-0.05, 0) is 24.3 Å². The van der Waals surface area contributed by atoms with Crippen LogP contribution < -0.4 is 5.32 Å².